The lowest BCUT2D eigenvalue weighted by Crippen LogP contribution is -2.24. The smallest absolute Gasteiger partial charge is 0.104 e. The number of methoxy groups -OCH3 is 1. The average molecular weight is 276 g/mol. The first-order valence-electron chi connectivity index (χ1n) is 5.50. The third-order valence-electron chi connectivity index (χ3n) is 2.14. The van der Waals surface area contributed by atoms with Crippen LogP contribution in [-0.2, 0) is 14.2 Å². The van der Waals surface area contributed by atoms with E-state index in [2.05, 4.69) is 12.0 Å². The summed E-state index contributed by atoms with van der Waals surface area (Å²) in [6.07, 6.45) is 4.33. The van der Waals surface area contributed by atoms with Crippen LogP contribution in [0, 0.1) is 0 Å². The van der Waals surface area contributed by atoms with Gasteiger partial charge in [-0.1, -0.05) is 12.7 Å². The van der Waals surface area contributed by atoms with Crippen molar-refractivity contribution in [3.8, 4) is 0 Å². The second-order valence-corrected chi connectivity index (χ2v) is 5.44. The largest absolute Gasteiger partial charge is 0.382 e. The van der Waals surface area contributed by atoms with Gasteiger partial charge < -0.3 is 14.2 Å². The van der Waals surface area contributed by atoms with E-state index < -0.39 is 0 Å². The Morgan fingerprint density at radius 3 is 2.94 bits per heavy atom. The second-order valence-electron chi connectivity index (χ2n) is 3.64. The predicted octanol–water partition coefficient (Wildman–Crippen LogP) is 2.54. The lowest BCUT2D eigenvalue weighted by Gasteiger charge is -2.16. The molecule has 0 aromatic carbocycles. The fourth-order valence-corrected chi connectivity index (χ4v) is 2.76. The van der Waals surface area contributed by atoms with Gasteiger partial charge in [0.25, 0.3) is 0 Å². The monoisotopic (exact) mass is 276 g/mol. The van der Waals surface area contributed by atoms with Gasteiger partial charge in [0.05, 0.1) is 25.9 Å². The quantitative estimate of drug-likeness (QED) is 0.452. The van der Waals surface area contributed by atoms with Gasteiger partial charge in [-0.3, -0.25) is 0 Å². The highest BCUT2D eigenvalue weighted by Crippen LogP contribution is 2.22. The number of hydrogen-bond acceptors (Lipinski definition) is 5. The topological polar surface area (TPSA) is 31.0 Å². The summed E-state index contributed by atoms with van der Waals surface area (Å²) in [7, 11) is 1.70. The third-order valence-corrected chi connectivity index (χ3v) is 3.94. The molecule has 1 aliphatic heterocycles. The molecule has 5 heteroatoms. The van der Waals surface area contributed by atoms with Gasteiger partial charge in [-0.05, 0) is 11.7 Å². The maximum absolute atomic E-state index is 5.74. The number of rotatable bonds is 10. The Morgan fingerprint density at radius 1 is 1.65 bits per heavy atom. The maximum atomic E-state index is 5.74. The molecule has 2 atom stereocenters. The molecule has 0 aliphatic carbocycles. The van der Waals surface area contributed by atoms with Crippen molar-refractivity contribution in [3.05, 3.63) is 23.0 Å². The summed E-state index contributed by atoms with van der Waals surface area (Å²) >= 11 is 3.42. The van der Waals surface area contributed by atoms with Crippen molar-refractivity contribution in [2.75, 3.05) is 38.9 Å². The van der Waals surface area contributed by atoms with Crippen molar-refractivity contribution in [1.29, 1.82) is 0 Å². The first-order chi connectivity index (χ1) is 8.30. The van der Waals surface area contributed by atoms with Crippen molar-refractivity contribution in [1.82, 2.24) is 0 Å². The maximum Gasteiger partial charge on any atom is 0.104 e. The lowest BCUT2D eigenvalue weighted by molar-refractivity contribution is 0.00571. The molecule has 98 valence electrons. The molecule has 17 heavy (non-hydrogen) atoms. The molecule has 1 aliphatic rings. The van der Waals surface area contributed by atoms with Gasteiger partial charge >= 0.3 is 0 Å². The Hall–Kier alpha value is 0.0600. The van der Waals surface area contributed by atoms with Crippen molar-refractivity contribution < 1.29 is 14.2 Å². The van der Waals surface area contributed by atoms with Gasteiger partial charge in [-0.15, -0.1) is 23.5 Å². The number of epoxide rings is 1. The molecular formula is C12H20O3S2. The van der Waals surface area contributed by atoms with E-state index in [0.29, 0.717) is 19.3 Å². The van der Waals surface area contributed by atoms with Crippen LogP contribution in [0.2, 0.25) is 0 Å². The third kappa shape index (κ3) is 7.16. The molecule has 0 N–H and O–H groups in total. The number of thioether (sulfide) groups is 2. The van der Waals surface area contributed by atoms with E-state index in [0.717, 1.165) is 12.4 Å². The minimum atomic E-state index is 0.111. The van der Waals surface area contributed by atoms with Crippen molar-refractivity contribution in [3.63, 3.8) is 0 Å². The van der Waals surface area contributed by atoms with Gasteiger partial charge in [0.15, 0.2) is 0 Å². The molecule has 0 aromatic rings. The lowest BCUT2D eigenvalue weighted by atomic mass is 10.4. The Morgan fingerprint density at radius 2 is 2.41 bits per heavy atom. The van der Waals surface area contributed by atoms with Crippen LogP contribution >= 0.6 is 23.5 Å². The zero-order valence-electron chi connectivity index (χ0n) is 10.4. The van der Waals surface area contributed by atoms with E-state index in [4.69, 9.17) is 14.2 Å². The van der Waals surface area contributed by atoms with Crippen molar-refractivity contribution in [2.24, 2.45) is 0 Å². The molecule has 1 rings (SSSR count). The highest BCUT2D eigenvalue weighted by Gasteiger charge is 2.24. The van der Waals surface area contributed by atoms with Crippen LogP contribution in [-0.4, -0.2) is 51.1 Å². The molecule has 1 fully saturated rings. The molecule has 0 saturated carbocycles. The first kappa shape index (κ1) is 15.1. The molecule has 0 aromatic heterocycles. The van der Waals surface area contributed by atoms with Crippen LogP contribution in [0.3, 0.4) is 0 Å². The molecule has 0 amide bonds. The number of allylic oxidation sites excluding steroid dienone is 1. The zero-order valence-corrected chi connectivity index (χ0v) is 12.0. The standard InChI is InChI=1S/C12H20O3S2/c1-4-12(9-16-3)17-8-11(5-13-2)15-7-10-6-14-10/h4,9-11H,1,5-8H2,2-3H3/b12-9+. The minimum Gasteiger partial charge on any atom is -0.382 e. The van der Waals surface area contributed by atoms with Crippen LogP contribution < -0.4 is 0 Å². The summed E-state index contributed by atoms with van der Waals surface area (Å²) in [6.45, 7) is 5.91. The number of hydrogen-bond donors (Lipinski definition) is 0. The van der Waals surface area contributed by atoms with Crippen LogP contribution in [0.25, 0.3) is 0 Å². The first-order valence-corrected chi connectivity index (χ1v) is 7.77. The van der Waals surface area contributed by atoms with Crippen LogP contribution in [0.1, 0.15) is 0 Å². The summed E-state index contributed by atoms with van der Waals surface area (Å²) in [5, 5.41) is 2.09. The molecule has 1 heterocycles. The Bertz CT molecular complexity index is 252. The predicted molar refractivity (Wildman–Crippen MR) is 75.6 cm³/mol. The van der Waals surface area contributed by atoms with Gasteiger partial charge in [0.2, 0.25) is 0 Å². The van der Waals surface area contributed by atoms with Gasteiger partial charge in [-0.2, -0.15) is 0 Å². The normalized spacial score (nSPS) is 21.3. The van der Waals surface area contributed by atoms with E-state index in [-0.39, 0.29) is 6.10 Å². The SMILES string of the molecule is C=C/C(=C\SC)SCC(COC)OCC1CO1. The fraction of sp³-hybridized carbons (Fsp3) is 0.667. The minimum absolute atomic E-state index is 0.111. The zero-order chi connectivity index (χ0) is 12.5. The van der Waals surface area contributed by atoms with Crippen LogP contribution in [0.5, 0.6) is 0 Å². The van der Waals surface area contributed by atoms with E-state index in [1.165, 1.54) is 4.91 Å². The molecule has 2 unspecified atom stereocenters. The summed E-state index contributed by atoms with van der Waals surface area (Å²) in [5.74, 6) is 0.874. The Kier molecular flexibility index (Phi) is 8.05. The highest BCUT2D eigenvalue weighted by molar-refractivity contribution is 8.06. The average Bonchev–Trinajstić information content (AvgIpc) is 3.15. The van der Waals surface area contributed by atoms with Crippen LogP contribution in [0.4, 0.5) is 0 Å². The Labute approximate surface area is 112 Å². The molecular weight excluding hydrogens is 256 g/mol. The molecule has 0 radical (unpaired) electrons. The van der Waals surface area contributed by atoms with Gasteiger partial charge in [0, 0.05) is 17.8 Å². The fourth-order valence-electron chi connectivity index (χ4n) is 1.18. The van der Waals surface area contributed by atoms with E-state index in [1.54, 1.807) is 30.6 Å². The summed E-state index contributed by atoms with van der Waals surface area (Å²) < 4.78 is 16.0. The molecule has 3 nitrogen and oxygen atoms in total. The molecule has 1 saturated heterocycles. The summed E-state index contributed by atoms with van der Waals surface area (Å²) in [6, 6.07) is 0. The van der Waals surface area contributed by atoms with Gasteiger partial charge in [0.1, 0.15) is 6.10 Å². The van der Waals surface area contributed by atoms with Gasteiger partial charge in [-0.25, -0.2) is 0 Å². The van der Waals surface area contributed by atoms with Crippen LogP contribution in [0.15, 0.2) is 23.0 Å². The summed E-state index contributed by atoms with van der Waals surface area (Å²) in [5.41, 5.74) is 0. The molecule has 0 spiro atoms. The van der Waals surface area contributed by atoms with Crippen molar-refractivity contribution >= 4 is 23.5 Å². The highest BCUT2D eigenvalue weighted by atomic mass is 32.2. The van der Waals surface area contributed by atoms with E-state index >= 15 is 0 Å². The van der Waals surface area contributed by atoms with E-state index in [9.17, 15) is 0 Å². The van der Waals surface area contributed by atoms with Crippen molar-refractivity contribution in [2.45, 2.75) is 12.2 Å². The Balaban J connectivity index is 2.25. The summed E-state index contributed by atoms with van der Waals surface area (Å²) in [4.78, 5) is 1.17. The second kappa shape index (κ2) is 9.05. The number of ether oxygens (including phenoxy) is 3. The van der Waals surface area contributed by atoms with E-state index in [1.807, 2.05) is 12.3 Å². The molecule has 0 bridgehead atoms.